The molecule has 0 bridgehead atoms. The summed E-state index contributed by atoms with van der Waals surface area (Å²) in [4.78, 5) is 2.05. The van der Waals surface area contributed by atoms with E-state index in [0.717, 1.165) is 11.8 Å². The Labute approximate surface area is 197 Å². The Kier molecular flexibility index (Phi) is 7.48. The van der Waals surface area contributed by atoms with E-state index in [1.54, 1.807) is 12.1 Å². The molecule has 2 aromatic carbocycles. The molecule has 2 N–H and O–H groups in total. The normalized spacial score (nSPS) is 19.2. The average molecular weight is 509 g/mol. The van der Waals surface area contributed by atoms with Gasteiger partial charge in [-0.1, -0.05) is 46.9 Å². The van der Waals surface area contributed by atoms with Crippen LogP contribution in [0.4, 0.5) is 0 Å². The Balaban J connectivity index is 1.82. The standard InChI is InChI=1S/C21H24Cl3NO5S/c1-13(20(30-31(2,28)29)14-11-17(23)19(26)18(24)12-14)25-9-7-21(27,8-10-25)15-3-5-16(22)6-4-15/h3-6,11-13,20,26-27H,7-10H2,1-2H3. The van der Waals surface area contributed by atoms with Crippen molar-refractivity contribution >= 4 is 44.9 Å². The van der Waals surface area contributed by atoms with E-state index in [0.29, 0.717) is 36.5 Å². The quantitative estimate of drug-likeness (QED) is 0.548. The van der Waals surface area contributed by atoms with Gasteiger partial charge >= 0.3 is 0 Å². The lowest BCUT2D eigenvalue weighted by Gasteiger charge is -2.42. The van der Waals surface area contributed by atoms with Gasteiger partial charge in [0.05, 0.1) is 21.9 Å². The first-order chi connectivity index (χ1) is 14.4. The molecule has 2 unspecified atom stereocenters. The summed E-state index contributed by atoms with van der Waals surface area (Å²) in [5, 5.41) is 21.6. The predicted octanol–water partition coefficient (Wildman–Crippen LogP) is 4.74. The molecule has 6 nitrogen and oxygen atoms in total. The summed E-state index contributed by atoms with van der Waals surface area (Å²) in [6.07, 6.45) is 1.00. The van der Waals surface area contributed by atoms with Gasteiger partial charge in [-0.15, -0.1) is 0 Å². The lowest BCUT2D eigenvalue weighted by atomic mass is 9.83. The molecule has 0 aliphatic carbocycles. The van der Waals surface area contributed by atoms with Crippen LogP contribution in [-0.4, -0.2) is 48.9 Å². The number of benzene rings is 2. The van der Waals surface area contributed by atoms with Crippen LogP contribution >= 0.6 is 34.8 Å². The van der Waals surface area contributed by atoms with Gasteiger partial charge in [-0.05, 0) is 55.2 Å². The second-order valence-electron chi connectivity index (χ2n) is 7.87. The molecule has 2 aromatic rings. The highest BCUT2D eigenvalue weighted by Gasteiger charge is 2.38. The van der Waals surface area contributed by atoms with E-state index in [2.05, 4.69) is 4.90 Å². The molecule has 170 valence electrons. The number of aromatic hydroxyl groups is 1. The van der Waals surface area contributed by atoms with Crippen LogP contribution in [0.2, 0.25) is 15.1 Å². The van der Waals surface area contributed by atoms with E-state index in [9.17, 15) is 18.6 Å². The van der Waals surface area contributed by atoms with Crippen molar-refractivity contribution in [1.82, 2.24) is 4.90 Å². The summed E-state index contributed by atoms with van der Waals surface area (Å²) in [6, 6.07) is 9.65. The molecule has 2 atom stereocenters. The molecule has 0 saturated carbocycles. The number of piperidine rings is 1. The van der Waals surface area contributed by atoms with Gasteiger partial charge in [0, 0.05) is 24.2 Å². The lowest BCUT2D eigenvalue weighted by molar-refractivity contribution is -0.0465. The van der Waals surface area contributed by atoms with Gasteiger partial charge in [0.1, 0.15) is 6.10 Å². The van der Waals surface area contributed by atoms with Gasteiger partial charge in [0.15, 0.2) is 5.75 Å². The average Bonchev–Trinajstić information content (AvgIpc) is 2.69. The first kappa shape index (κ1) is 24.6. The third kappa shape index (κ3) is 5.85. The van der Waals surface area contributed by atoms with Crippen molar-refractivity contribution in [2.24, 2.45) is 0 Å². The maximum Gasteiger partial charge on any atom is 0.265 e. The highest BCUT2D eigenvalue weighted by molar-refractivity contribution is 7.86. The number of rotatable bonds is 6. The summed E-state index contributed by atoms with van der Waals surface area (Å²) in [5.74, 6) is -0.274. The molecule has 0 aromatic heterocycles. The fraction of sp³-hybridized carbons (Fsp3) is 0.429. The zero-order chi connectivity index (χ0) is 23.0. The predicted molar refractivity (Wildman–Crippen MR) is 122 cm³/mol. The number of aliphatic hydroxyl groups is 1. The van der Waals surface area contributed by atoms with Crippen LogP contribution in [-0.2, 0) is 19.9 Å². The van der Waals surface area contributed by atoms with Crippen molar-refractivity contribution in [3.63, 3.8) is 0 Å². The van der Waals surface area contributed by atoms with Gasteiger partial charge in [0.25, 0.3) is 10.1 Å². The van der Waals surface area contributed by atoms with E-state index >= 15 is 0 Å². The number of halogens is 3. The molecule has 1 aliphatic heterocycles. The molecular weight excluding hydrogens is 485 g/mol. The van der Waals surface area contributed by atoms with E-state index in [1.807, 2.05) is 19.1 Å². The fourth-order valence-electron chi connectivity index (χ4n) is 3.89. The van der Waals surface area contributed by atoms with Gasteiger partial charge in [-0.25, -0.2) is 0 Å². The van der Waals surface area contributed by atoms with Gasteiger partial charge < -0.3 is 10.2 Å². The molecule has 1 aliphatic rings. The Bertz CT molecular complexity index is 1010. The third-order valence-electron chi connectivity index (χ3n) is 5.67. The largest absolute Gasteiger partial charge is 0.505 e. The molecule has 31 heavy (non-hydrogen) atoms. The number of hydrogen-bond acceptors (Lipinski definition) is 6. The van der Waals surface area contributed by atoms with Crippen LogP contribution in [0.15, 0.2) is 36.4 Å². The molecule has 0 amide bonds. The molecule has 0 spiro atoms. The summed E-state index contributed by atoms with van der Waals surface area (Å²) in [5.41, 5.74) is 0.244. The van der Waals surface area contributed by atoms with Gasteiger partial charge in [-0.2, -0.15) is 8.42 Å². The maximum absolute atomic E-state index is 11.9. The van der Waals surface area contributed by atoms with Crippen LogP contribution in [0.5, 0.6) is 5.75 Å². The zero-order valence-electron chi connectivity index (χ0n) is 17.1. The number of phenols is 1. The molecule has 10 heteroatoms. The minimum atomic E-state index is -3.80. The SMILES string of the molecule is CC(C(OS(C)(=O)=O)c1cc(Cl)c(O)c(Cl)c1)N1CCC(O)(c2ccc(Cl)cc2)CC1. The van der Waals surface area contributed by atoms with E-state index in [4.69, 9.17) is 39.0 Å². The second kappa shape index (κ2) is 9.43. The highest BCUT2D eigenvalue weighted by atomic mass is 35.5. The molecular formula is C21H24Cl3NO5S. The first-order valence-corrected chi connectivity index (χ1v) is 12.6. The summed E-state index contributed by atoms with van der Waals surface area (Å²) in [7, 11) is -3.80. The smallest absolute Gasteiger partial charge is 0.265 e. The van der Waals surface area contributed by atoms with Crippen molar-refractivity contribution < 1.29 is 22.8 Å². The van der Waals surface area contributed by atoms with Crippen LogP contribution < -0.4 is 0 Å². The van der Waals surface area contributed by atoms with Crippen LogP contribution in [0.1, 0.15) is 37.0 Å². The van der Waals surface area contributed by atoms with Crippen molar-refractivity contribution in [3.8, 4) is 5.75 Å². The Morgan fingerprint density at radius 3 is 2.06 bits per heavy atom. The third-order valence-corrected chi connectivity index (χ3v) is 7.05. The summed E-state index contributed by atoms with van der Waals surface area (Å²) >= 11 is 18.0. The molecule has 3 rings (SSSR count). The van der Waals surface area contributed by atoms with Gasteiger partial charge in [0.2, 0.25) is 0 Å². The van der Waals surface area contributed by atoms with E-state index in [-0.39, 0.29) is 21.8 Å². The van der Waals surface area contributed by atoms with Crippen molar-refractivity contribution in [2.75, 3.05) is 19.3 Å². The summed E-state index contributed by atoms with van der Waals surface area (Å²) < 4.78 is 29.3. The van der Waals surface area contributed by atoms with E-state index < -0.39 is 21.8 Å². The monoisotopic (exact) mass is 507 g/mol. The number of hydrogen-bond donors (Lipinski definition) is 2. The molecule has 1 fully saturated rings. The van der Waals surface area contributed by atoms with Crippen molar-refractivity contribution in [2.45, 2.75) is 37.5 Å². The summed E-state index contributed by atoms with van der Waals surface area (Å²) in [6.45, 7) is 2.88. The fourth-order valence-corrected chi connectivity index (χ4v) is 5.17. The van der Waals surface area contributed by atoms with Crippen LogP contribution in [0, 0.1) is 0 Å². The minimum absolute atomic E-state index is 0.00700. The number of likely N-dealkylation sites (tertiary alicyclic amines) is 1. The molecule has 1 saturated heterocycles. The number of nitrogens with zero attached hydrogens (tertiary/aromatic N) is 1. The molecule has 1 heterocycles. The highest BCUT2D eigenvalue weighted by Crippen LogP contribution is 2.39. The zero-order valence-corrected chi connectivity index (χ0v) is 20.1. The Hall–Kier alpha value is -1.06. The Morgan fingerprint density at radius 1 is 1.06 bits per heavy atom. The minimum Gasteiger partial charge on any atom is -0.505 e. The molecule has 0 radical (unpaired) electrons. The maximum atomic E-state index is 11.9. The van der Waals surface area contributed by atoms with Crippen molar-refractivity contribution in [1.29, 1.82) is 0 Å². The van der Waals surface area contributed by atoms with Crippen molar-refractivity contribution in [3.05, 3.63) is 62.6 Å². The number of phenolic OH excluding ortho intramolecular Hbond substituents is 1. The lowest BCUT2D eigenvalue weighted by Crippen LogP contribution is -2.48. The van der Waals surface area contributed by atoms with Gasteiger partial charge in [-0.3, -0.25) is 9.08 Å². The second-order valence-corrected chi connectivity index (χ2v) is 10.7. The van der Waals surface area contributed by atoms with Crippen LogP contribution in [0.3, 0.4) is 0 Å². The topological polar surface area (TPSA) is 87.1 Å². The van der Waals surface area contributed by atoms with Crippen LogP contribution in [0.25, 0.3) is 0 Å². The van der Waals surface area contributed by atoms with E-state index in [1.165, 1.54) is 12.1 Å². The Morgan fingerprint density at radius 2 is 1.58 bits per heavy atom. The first-order valence-electron chi connectivity index (χ1n) is 9.68.